The van der Waals surface area contributed by atoms with Crippen LogP contribution < -0.4 is 15.8 Å². The minimum absolute atomic E-state index is 0.422. The largest absolute Gasteiger partial charge is 0.473 e. The van der Waals surface area contributed by atoms with E-state index in [1.165, 1.54) is 0 Å². The van der Waals surface area contributed by atoms with Crippen molar-refractivity contribution in [2.75, 3.05) is 11.1 Å². The second kappa shape index (κ2) is 8.12. The summed E-state index contributed by atoms with van der Waals surface area (Å²) < 4.78 is 7.84. The van der Waals surface area contributed by atoms with Crippen molar-refractivity contribution in [2.24, 2.45) is 0 Å². The fourth-order valence-electron chi connectivity index (χ4n) is 3.38. The van der Waals surface area contributed by atoms with E-state index in [1.54, 1.807) is 18.6 Å². The highest BCUT2D eigenvalue weighted by atomic mass is 35.5. The second-order valence-electron chi connectivity index (χ2n) is 7.12. The summed E-state index contributed by atoms with van der Waals surface area (Å²) in [6, 6.07) is 13.7. The average Bonchev–Trinajstić information content (AvgIpc) is 3.27. The molecule has 0 saturated heterocycles. The number of anilines is 2. The number of benzene rings is 1. The van der Waals surface area contributed by atoms with Crippen LogP contribution >= 0.6 is 11.6 Å². The smallest absolute Gasteiger partial charge is 0.213 e. The molecule has 5 aromatic rings. The maximum atomic E-state index is 6.27. The predicted molar refractivity (Wildman–Crippen MR) is 122 cm³/mol. The molecular formula is C23H19ClN6O. The van der Waals surface area contributed by atoms with Gasteiger partial charge in [-0.1, -0.05) is 11.6 Å². The number of imidazole rings is 1. The highest BCUT2D eigenvalue weighted by Gasteiger charge is 2.06. The first kappa shape index (κ1) is 19.1. The van der Waals surface area contributed by atoms with Crippen molar-refractivity contribution >= 4 is 39.5 Å². The van der Waals surface area contributed by atoms with Crippen LogP contribution in [0.15, 0.2) is 73.4 Å². The lowest BCUT2D eigenvalue weighted by Gasteiger charge is -2.11. The molecule has 4 heterocycles. The lowest BCUT2D eigenvalue weighted by atomic mass is 10.1. The number of hydrogen-bond acceptors (Lipinski definition) is 6. The Hall–Kier alpha value is -3.84. The van der Waals surface area contributed by atoms with Crippen LogP contribution in [-0.4, -0.2) is 19.4 Å². The molecule has 0 unspecified atom stereocenters. The third-order valence-corrected chi connectivity index (χ3v) is 5.32. The van der Waals surface area contributed by atoms with E-state index in [9.17, 15) is 0 Å². The van der Waals surface area contributed by atoms with Gasteiger partial charge in [0.2, 0.25) is 5.88 Å². The molecule has 0 aliphatic heterocycles. The number of nitrogens with one attached hydrogen (secondary N) is 1. The van der Waals surface area contributed by atoms with Gasteiger partial charge in [0.15, 0.2) is 0 Å². The van der Waals surface area contributed by atoms with Crippen LogP contribution in [0.4, 0.5) is 11.5 Å². The minimum atomic E-state index is 0.422. The predicted octanol–water partition coefficient (Wildman–Crippen LogP) is 4.70. The molecule has 1 aromatic carbocycles. The lowest BCUT2D eigenvalue weighted by molar-refractivity contribution is 0.293. The van der Waals surface area contributed by atoms with Crippen LogP contribution in [0.25, 0.3) is 16.4 Å². The van der Waals surface area contributed by atoms with Gasteiger partial charge in [0, 0.05) is 60.1 Å². The van der Waals surface area contributed by atoms with Crippen LogP contribution in [0.3, 0.4) is 0 Å². The SMILES string of the molecule is Nc1ncc(Cl)c2cc(NCc3ccnc(OCc4ccn5ccnc5c4)c3)ccc12. The van der Waals surface area contributed by atoms with Crippen LogP contribution in [0.5, 0.6) is 5.88 Å². The summed E-state index contributed by atoms with van der Waals surface area (Å²) in [5.74, 6) is 1.04. The molecule has 0 fully saturated rings. The second-order valence-corrected chi connectivity index (χ2v) is 7.53. The first-order valence-electron chi connectivity index (χ1n) is 9.73. The van der Waals surface area contributed by atoms with Gasteiger partial charge in [-0.3, -0.25) is 0 Å². The number of nitrogens with zero attached hydrogens (tertiary/aromatic N) is 4. The summed E-state index contributed by atoms with van der Waals surface area (Å²) in [5, 5.41) is 5.68. The Morgan fingerprint density at radius 2 is 1.87 bits per heavy atom. The number of ether oxygens (including phenoxy) is 1. The molecular weight excluding hydrogens is 412 g/mol. The van der Waals surface area contributed by atoms with Crippen LogP contribution in [0.2, 0.25) is 5.02 Å². The minimum Gasteiger partial charge on any atom is -0.473 e. The molecule has 0 atom stereocenters. The molecule has 0 spiro atoms. The average molecular weight is 431 g/mol. The molecule has 7 nitrogen and oxygen atoms in total. The lowest BCUT2D eigenvalue weighted by Crippen LogP contribution is -2.02. The van der Waals surface area contributed by atoms with Crippen molar-refractivity contribution < 1.29 is 4.74 Å². The van der Waals surface area contributed by atoms with Crippen molar-refractivity contribution in [1.29, 1.82) is 0 Å². The van der Waals surface area contributed by atoms with E-state index in [-0.39, 0.29) is 0 Å². The molecule has 0 amide bonds. The van der Waals surface area contributed by atoms with E-state index < -0.39 is 0 Å². The maximum Gasteiger partial charge on any atom is 0.213 e. The zero-order valence-electron chi connectivity index (χ0n) is 16.5. The highest BCUT2D eigenvalue weighted by molar-refractivity contribution is 6.35. The number of pyridine rings is 3. The number of rotatable bonds is 6. The van der Waals surface area contributed by atoms with Gasteiger partial charge in [-0.2, -0.15) is 0 Å². The molecule has 4 aromatic heterocycles. The number of nitrogen functional groups attached to an aromatic ring is 1. The molecule has 0 bridgehead atoms. The first-order valence-corrected chi connectivity index (χ1v) is 10.1. The number of hydrogen-bond donors (Lipinski definition) is 2. The topological polar surface area (TPSA) is 90.4 Å². The summed E-state index contributed by atoms with van der Waals surface area (Å²) in [7, 11) is 0. The van der Waals surface area contributed by atoms with Gasteiger partial charge < -0.3 is 20.2 Å². The van der Waals surface area contributed by atoms with Crippen LogP contribution in [0.1, 0.15) is 11.1 Å². The number of fused-ring (bicyclic) bond motifs is 2. The van der Waals surface area contributed by atoms with Gasteiger partial charge in [-0.15, -0.1) is 0 Å². The van der Waals surface area contributed by atoms with Gasteiger partial charge in [0.25, 0.3) is 0 Å². The Bertz CT molecular complexity index is 1380. The van der Waals surface area contributed by atoms with Crippen molar-refractivity contribution in [3.8, 4) is 5.88 Å². The summed E-state index contributed by atoms with van der Waals surface area (Å²) in [4.78, 5) is 12.7. The molecule has 154 valence electrons. The quantitative estimate of drug-likeness (QED) is 0.405. The summed E-state index contributed by atoms with van der Waals surface area (Å²) in [6.07, 6.45) is 8.96. The molecule has 0 saturated carbocycles. The van der Waals surface area contributed by atoms with Gasteiger partial charge in [-0.05, 0) is 47.5 Å². The van der Waals surface area contributed by atoms with Gasteiger partial charge >= 0.3 is 0 Å². The molecule has 3 N–H and O–H groups in total. The standard InChI is InChI=1S/C23H19ClN6O/c24-20-13-29-23(25)18-2-1-17(11-19(18)20)28-12-15-3-5-27-22(10-15)31-14-16-4-7-30-8-6-26-21(30)9-16/h1-11,13,28H,12,14H2,(H2,25,29). The number of aromatic nitrogens is 4. The van der Waals surface area contributed by atoms with Gasteiger partial charge in [0.1, 0.15) is 18.1 Å². The summed E-state index contributed by atoms with van der Waals surface area (Å²) in [6.45, 7) is 1.04. The number of halogens is 1. The zero-order chi connectivity index (χ0) is 21.2. The number of nitrogens with two attached hydrogens (primary N) is 1. The van der Waals surface area contributed by atoms with E-state index in [1.807, 2.05) is 59.3 Å². The Balaban J connectivity index is 1.26. The Morgan fingerprint density at radius 1 is 0.935 bits per heavy atom. The molecule has 0 aliphatic carbocycles. The monoisotopic (exact) mass is 430 g/mol. The van der Waals surface area contributed by atoms with E-state index in [0.717, 1.165) is 33.2 Å². The Morgan fingerprint density at radius 3 is 2.81 bits per heavy atom. The van der Waals surface area contributed by atoms with E-state index in [0.29, 0.717) is 29.9 Å². The summed E-state index contributed by atoms with van der Waals surface area (Å²) >= 11 is 6.27. The molecule has 5 rings (SSSR count). The Kier molecular flexibility index (Phi) is 5.01. The van der Waals surface area contributed by atoms with E-state index >= 15 is 0 Å². The summed E-state index contributed by atoms with van der Waals surface area (Å²) in [5.41, 5.74) is 9.84. The van der Waals surface area contributed by atoms with Crippen molar-refractivity contribution in [3.63, 3.8) is 0 Å². The normalized spacial score (nSPS) is 11.1. The van der Waals surface area contributed by atoms with Crippen LogP contribution in [0, 0.1) is 0 Å². The first-order chi connectivity index (χ1) is 15.2. The third kappa shape index (κ3) is 4.08. The third-order valence-electron chi connectivity index (χ3n) is 5.01. The molecule has 8 heteroatoms. The van der Waals surface area contributed by atoms with E-state index in [4.69, 9.17) is 22.1 Å². The van der Waals surface area contributed by atoms with Crippen molar-refractivity contribution in [2.45, 2.75) is 13.2 Å². The maximum absolute atomic E-state index is 6.27. The fraction of sp³-hybridized carbons (Fsp3) is 0.0870. The van der Waals surface area contributed by atoms with Gasteiger partial charge in [-0.25, -0.2) is 15.0 Å². The highest BCUT2D eigenvalue weighted by Crippen LogP contribution is 2.29. The van der Waals surface area contributed by atoms with Crippen LogP contribution in [-0.2, 0) is 13.2 Å². The molecule has 0 radical (unpaired) electrons. The Labute approximate surface area is 183 Å². The molecule has 31 heavy (non-hydrogen) atoms. The fourth-order valence-corrected chi connectivity index (χ4v) is 3.59. The van der Waals surface area contributed by atoms with Crippen molar-refractivity contribution in [3.05, 3.63) is 89.6 Å². The van der Waals surface area contributed by atoms with Crippen molar-refractivity contribution in [1.82, 2.24) is 19.4 Å². The van der Waals surface area contributed by atoms with Gasteiger partial charge in [0.05, 0.1) is 5.02 Å². The molecule has 0 aliphatic rings. The zero-order valence-corrected chi connectivity index (χ0v) is 17.3. The van der Waals surface area contributed by atoms with E-state index in [2.05, 4.69) is 20.3 Å².